The lowest BCUT2D eigenvalue weighted by Gasteiger charge is -2.44. The van der Waals surface area contributed by atoms with Crippen LogP contribution in [0.25, 0.3) is 0 Å². The molecule has 1 aliphatic rings. The number of halogens is 5. The van der Waals surface area contributed by atoms with Crippen molar-refractivity contribution < 1.29 is 41.0 Å². The van der Waals surface area contributed by atoms with Gasteiger partial charge in [-0.25, -0.2) is 13.6 Å². The van der Waals surface area contributed by atoms with Crippen LogP contribution >= 0.6 is 0 Å². The summed E-state index contributed by atoms with van der Waals surface area (Å²) in [5.41, 5.74) is -0.255. The van der Waals surface area contributed by atoms with E-state index in [1.807, 2.05) is 0 Å². The molecule has 1 saturated heterocycles. The van der Waals surface area contributed by atoms with Crippen LogP contribution in [0.15, 0.2) is 54.6 Å². The first-order chi connectivity index (χ1) is 15.5. The van der Waals surface area contributed by atoms with Gasteiger partial charge in [-0.1, -0.05) is 42.5 Å². The molecule has 33 heavy (non-hydrogen) atoms. The maximum Gasteiger partial charge on any atom is 0.416 e. The van der Waals surface area contributed by atoms with Gasteiger partial charge in [-0.2, -0.15) is 13.2 Å². The van der Waals surface area contributed by atoms with Gasteiger partial charge >= 0.3 is 18.2 Å². The molecule has 2 aromatic carbocycles. The zero-order valence-corrected chi connectivity index (χ0v) is 17.6. The van der Waals surface area contributed by atoms with E-state index in [9.17, 15) is 31.5 Å². The first-order valence-corrected chi connectivity index (χ1v) is 10.1. The predicted molar refractivity (Wildman–Crippen MR) is 107 cm³/mol. The fourth-order valence-electron chi connectivity index (χ4n) is 3.85. The Labute approximate surface area is 187 Å². The van der Waals surface area contributed by atoms with Crippen molar-refractivity contribution in [2.75, 3.05) is 13.7 Å². The van der Waals surface area contributed by atoms with E-state index in [4.69, 9.17) is 4.74 Å². The molecular weight excluding hydrogens is 449 g/mol. The summed E-state index contributed by atoms with van der Waals surface area (Å²) in [5.74, 6) is -5.99. The van der Waals surface area contributed by atoms with Crippen molar-refractivity contribution >= 4 is 12.1 Å². The zero-order valence-electron chi connectivity index (χ0n) is 17.6. The Morgan fingerprint density at radius 2 is 1.70 bits per heavy atom. The molecule has 2 unspecified atom stereocenters. The predicted octanol–water partition coefficient (Wildman–Crippen LogP) is 5.60. The summed E-state index contributed by atoms with van der Waals surface area (Å²) in [6.07, 6.45) is -6.98. The number of hydrogen-bond donors (Lipinski definition) is 0. The summed E-state index contributed by atoms with van der Waals surface area (Å²) in [4.78, 5) is 25.8. The summed E-state index contributed by atoms with van der Waals surface area (Å²) in [7, 11) is 1.04. The molecule has 3 rings (SSSR count). The minimum absolute atomic E-state index is 0.0351. The Morgan fingerprint density at radius 1 is 1.06 bits per heavy atom. The quantitative estimate of drug-likeness (QED) is 0.421. The largest absolute Gasteiger partial charge is 0.469 e. The smallest absolute Gasteiger partial charge is 0.416 e. The average molecular weight is 471 g/mol. The number of likely N-dealkylation sites (tertiary alicyclic amines) is 1. The van der Waals surface area contributed by atoms with Crippen LogP contribution in [0.4, 0.5) is 26.7 Å². The second kappa shape index (κ2) is 9.76. The number of hydrogen-bond acceptors (Lipinski definition) is 4. The highest BCUT2D eigenvalue weighted by molar-refractivity contribution is 5.71. The second-order valence-electron chi connectivity index (χ2n) is 7.70. The van der Waals surface area contributed by atoms with Gasteiger partial charge in [0.1, 0.15) is 6.61 Å². The third kappa shape index (κ3) is 5.80. The van der Waals surface area contributed by atoms with Crippen LogP contribution < -0.4 is 0 Å². The number of piperidine rings is 1. The number of nitrogens with zero attached hydrogens (tertiary/aromatic N) is 1. The fourth-order valence-corrected chi connectivity index (χ4v) is 3.85. The van der Waals surface area contributed by atoms with Gasteiger partial charge in [0.15, 0.2) is 0 Å². The molecule has 1 aliphatic heterocycles. The number of carbonyl (C=O) groups excluding carboxylic acids is 2. The van der Waals surface area contributed by atoms with Gasteiger partial charge in [0, 0.05) is 13.0 Å². The van der Waals surface area contributed by atoms with Crippen molar-refractivity contribution in [3.05, 3.63) is 71.3 Å². The minimum Gasteiger partial charge on any atom is -0.469 e. The van der Waals surface area contributed by atoms with E-state index in [-0.39, 0.29) is 12.2 Å². The maximum atomic E-state index is 14.9. The molecule has 0 spiro atoms. The summed E-state index contributed by atoms with van der Waals surface area (Å²) >= 11 is 0. The van der Waals surface area contributed by atoms with Crippen molar-refractivity contribution in [3.63, 3.8) is 0 Å². The van der Waals surface area contributed by atoms with Gasteiger partial charge in [-0.15, -0.1) is 0 Å². The van der Waals surface area contributed by atoms with Crippen molar-refractivity contribution in [3.8, 4) is 0 Å². The molecular formula is C23H22F5NO4. The molecule has 0 radical (unpaired) electrons. The van der Waals surface area contributed by atoms with Gasteiger partial charge in [-0.05, 0) is 23.3 Å². The van der Waals surface area contributed by atoms with Gasteiger partial charge in [-0.3, -0.25) is 4.79 Å². The molecule has 0 N–H and O–H groups in total. The molecule has 1 heterocycles. The fraction of sp³-hybridized carbons (Fsp3) is 0.391. The lowest BCUT2D eigenvalue weighted by atomic mass is 9.79. The molecule has 1 amide bonds. The van der Waals surface area contributed by atoms with Crippen LogP contribution in [0.2, 0.25) is 0 Å². The molecule has 0 aliphatic carbocycles. The highest BCUT2D eigenvalue weighted by Gasteiger charge is 2.53. The lowest BCUT2D eigenvalue weighted by Crippen LogP contribution is -2.52. The van der Waals surface area contributed by atoms with Crippen LogP contribution in [0.5, 0.6) is 0 Å². The number of methoxy groups -OCH3 is 1. The van der Waals surface area contributed by atoms with Crippen molar-refractivity contribution in [2.24, 2.45) is 5.92 Å². The summed E-state index contributed by atoms with van der Waals surface area (Å²) in [6.45, 7) is -0.516. The number of amides is 1. The Kier molecular flexibility index (Phi) is 7.24. The maximum absolute atomic E-state index is 14.9. The zero-order chi connectivity index (χ0) is 24.2. The third-order valence-corrected chi connectivity index (χ3v) is 5.58. The number of alkyl halides is 5. The van der Waals surface area contributed by atoms with E-state index in [2.05, 4.69) is 4.74 Å². The van der Waals surface area contributed by atoms with E-state index in [0.717, 1.165) is 36.3 Å². The number of esters is 1. The summed E-state index contributed by atoms with van der Waals surface area (Å²) < 4.78 is 78.6. The number of carbonyl (C=O) groups is 2. The summed E-state index contributed by atoms with van der Waals surface area (Å²) in [6, 6.07) is 10.9. The molecule has 0 saturated carbocycles. The van der Waals surface area contributed by atoms with Crippen LogP contribution in [0, 0.1) is 5.92 Å². The third-order valence-electron chi connectivity index (χ3n) is 5.58. The topological polar surface area (TPSA) is 55.8 Å². The van der Waals surface area contributed by atoms with Gasteiger partial charge in [0.05, 0.1) is 31.1 Å². The van der Waals surface area contributed by atoms with E-state index in [1.54, 1.807) is 30.3 Å². The standard InChI is InChI=1S/C23H22F5NO4/c1-32-19(30)13-18-20(16-7-9-17(10-8-16)23(26,27)28)29(12-11-22(18,24)25)21(31)33-14-15-5-3-2-4-6-15/h2-10,18,20H,11-14H2,1H3. The Hall–Kier alpha value is -3.17. The Bertz CT molecular complexity index is 963. The van der Waals surface area contributed by atoms with Crippen LogP contribution in [0.3, 0.4) is 0 Å². The Morgan fingerprint density at radius 3 is 2.27 bits per heavy atom. The molecule has 10 heteroatoms. The van der Waals surface area contributed by atoms with Gasteiger partial charge in [0.2, 0.25) is 0 Å². The highest BCUT2D eigenvalue weighted by atomic mass is 19.4. The number of ether oxygens (including phenoxy) is 2. The average Bonchev–Trinajstić information content (AvgIpc) is 2.78. The summed E-state index contributed by atoms with van der Waals surface area (Å²) in [5, 5.41) is 0. The Balaban J connectivity index is 1.94. The van der Waals surface area contributed by atoms with E-state index in [1.165, 1.54) is 0 Å². The molecule has 1 fully saturated rings. The molecule has 0 bridgehead atoms. The molecule has 5 nitrogen and oxygen atoms in total. The monoisotopic (exact) mass is 471 g/mol. The van der Waals surface area contributed by atoms with Gasteiger partial charge in [0.25, 0.3) is 5.92 Å². The number of benzene rings is 2. The van der Waals surface area contributed by atoms with Crippen LogP contribution in [-0.4, -0.2) is 36.5 Å². The minimum atomic E-state index is -4.62. The lowest BCUT2D eigenvalue weighted by molar-refractivity contribution is -0.158. The van der Waals surface area contributed by atoms with Crippen molar-refractivity contribution in [1.82, 2.24) is 4.90 Å². The molecule has 2 atom stereocenters. The van der Waals surface area contributed by atoms with E-state index < -0.39 is 61.1 Å². The first kappa shape index (κ1) is 24.5. The van der Waals surface area contributed by atoms with E-state index in [0.29, 0.717) is 5.56 Å². The van der Waals surface area contributed by atoms with Crippen molar-refractivity contribution in [2.45, 2.75) is 37.6 Å². The molecule has 0 aromatic heterocycles. The van der Waals surface area contributed by atoms with Crippen LogP contribution in [-0.2, 0) is 27.1 Å². The van der Waals surface area contributed by atoms with E-state index >= 15 is 0 Å². The number of rotatable bonds is 5. The molecule has 178 valence electrons. The second-order valence-corrected chi connectivity index (χ2v) is 7.70. The van der Waals surface area contributed by atoms with Gasteiger partial charge < -0.3 is 14.4 Å². The van der Waals surface area contributed by atoms with Crippen molar-refractivity contribution in [1.29, 1.82) is 0 Å². The highest BCUT2D eigenvalue weighted by Crippen LogP contribution is 2.47. The van der Waals surface area contributed by atoms with Crippen LogP contribution in [0.1, 0.15) is 35.6 Å². The SMILES string of the molecule is COC(=O)CC1C(c2ccc(C(F)(F)F)cc2)N(C(=O)OCc2ccccc2)CCC1(F)F. The first-order valence-electron chi connectivity index (χ1n) is 10.1. The normalized spacial score (nSPS) is 20.2. The molecule has 2 aromatic rings.